The third-order valence-electron chi connectivity index (χ3n) is 2.82. The van der Waals surface area contributed by atoms with Crippen LogP contribution in [0.1, 0.15) is 11.3 Å². The fourth-order valence-corrected chi connectivity index (χ4v) is 4.36. The van der Waals surface area contributed by atoms with Crippen molar-refractivity contribution in [3.05, 3.63) is 38.4 Å². The van der Waals surface area contributed by atoms with Gasteiger partial charge in [0.15, 0.2) is 0 Å². The molecule has 0 fully saturated rings. The third-order valence-corrected chi connectivity index (χ3v) is 5.30. The maximum Gasteiger partial charge on any atom is 0.281 e. The summed E-state index contributed by atoms with van der Waals surface area (Å²) < 4.78 is 29.0. The van der Waals surface area contributed by atoms with Crippen LogP contribution in [0, 0.1) is 6.92 Å². The average molecular weight is 438 g/mol. The summed E-state index contributed by atoms with van der Waals surface area (Å²) in [6.07, 6.45) is 0. The zero-order chi connectivity index (χ0) is 15.6. The molecule has 0 saturated heterocycles. The summed E-state index contributed by atoms with van der Waals surface area (Å²) in [5.74, 6) is 0. The molecule has 2 rings (SSSR count). The minimum atomic E-state index is -3.76. The maximum absolute atomic E-state index is 12.5. The second-order valence-corrected chi connectivity index (χ2v) is 7.76. The first-order valence-electron chi connectivity index (χ1n) is 6.01. The first-order valence-corrected chi connectivity index (χ1v) is 9.08. The molecule has 0 aliphatic rings. The molecule has 0 saturated carbocycles. The number of aromatic amines is 1. The minimum Gasteiger partial charge on any atom is -0.316 e. The van der Waals surface area contributed by atoms with E-state index < -0.39 is 10.0 Å². The van der Waals surface area contributed by atoms with Gasteiger partial charge in [0.2, 0.25) is 5.03 Å². The van der Waals surface area contributed by atoms with E-state index in [4.69, 9.17) is 0 Å². The molecule has 9 heteroatoms. The van der Waals surface area contributed by atoms with E-state index in [1.165, 1.54) is 0 Å². The van der Waals surface area contributed by atoms with Crippen LogP contribution in [0.15, 0.2) is 32.2 Å². The highest BCUT2D eigenvalue weighted by Crippen LogP contribution is 2.28. The molecule has 114 valence electrons. The van der Waals surface area contributed by atoms with Crippen molar-refractivity contribution in [2.75, 3.05) is 11.8 Å². The molecule has 1 heterocycles. The number of hydrogen-bond donors (Lipinski definition) is 3. The monoisotopic (exact) mass is 436 g/mol. The Labute approximate surface area is 140 Å². The minimum absolute atomic E-state index is 0.00386. The van der Waals surface area contributed by atoms with Crippen LogP contribution in [-0.4, -0.2) is 25.7 Å². The van der Waals surface area contributed by atoms with Crippen LogP contribution in [-0.2, 0) is 16.6 Å². The second kappa shape index (κ2) is 6.47. The molecular weight excluding hydrogens is 424 g/mol. The van der Waals surface area contributed by atoms with Crippen LogP contribution >= 0.6 is 31.9 Å². The predicted molar refractivity (Wildman–Crippen MR) is 88.7 cm³/mol. The second-order valence-electron chi connectivity index (χ2n) is 4.39. The Morgan fingerprint density at radius 1 is 1.33 bits per heavy atom. The Hall–Kier alpha value is -0.900. The van der Waals surface area contributed by atoms with Crippen molar-refractivity contribution in [1.82, 2.24) is 15.5 Å². The van der Waals surface area contributed by atoms with E-state index in [1.807, 2.05) is 0 Å². The lowest BCUT2D eigenvalue weighted by molar-refractivity contribution is 0.595. The van der Waals surface area contributed by atoms with Crippen molar-refractivity contribution in [2.45, 2.75) is 18.5 Å². The number of rotatable bonds is 5. The summed E-state index contributed by atoms with van der Waals surface area (Å²) in [6.45, 7) is 2.20. The Morgan fingerprint density at radius 2 is 2.05 bits per heavy atom. The Kier molecular flexibility index (Phi) is 5.07. The normalized spacial score (nSPS) is 11.6. The lowest BCUT2D eigenvalue weighted by Crippen LogP contribution is -2.17. The van der Waals surface area contributed by atoms with Crippen LogP contribution in [0.2, 0.25) is 0 Å². The molecule has 0 spiro atoms. The highest BCUT2D eigenvalue weighted by Gasteiger charge is 2.24. The van der Waals surface area contributed by atoms with E-state index in [9.17, 15) is 8.42 Å². The van der Waals surface area contributed by atoms with E-state index in [0.717, 1.165) is 10.2 Å². The SMILES string of the molecule is CNCc1c(S(=O)(=O)Nc2ccc(Br)cc2Br)n[nH]c1C. The van der Waals surface area contributed by atoms with Crippen molar-refractivity contribution in [1.29, 1.82) is 0 Å². The van der Waals surface area contributed by atoms with Crippen LogP contribution in [0.25, 0.3) is 0 Å². The fourth-order valence-electron chi connectivity index (χ4n) is 1.80. The first kappa shape index (κ1) is 16.5. The molecular formula is C12H14Br2N4O2S. The van der Waals surface area contributed by atoms with Crippen LogP contribution in [0.5, 0.6) is 0 Å². The van der Waals surface area contributed by atoms with E-state index >= 15 is 0 Å². The number of benzene rings is 1. The third kappa shape index (κ3) is 3.65. The number of sulfonamides is 1. The number of aromatic nitrogens is 2. The molecule has 0 atom stereocenters. The fraction of sp³-hybridized carbons (Fsp3) is 0.250. The van der Waals surface area contributed by atoms with Gasteiger partial charge in [0.1, 0.15) is 0 Å². The van der Waals surface area contributed by atoms with Crippen molar-refractivity contribution in [3.8, 4) is 0 Å². The summed E-state index contributed by atoms with van der Waals surface area (Å²) in [5.41, 5.74) is 1.80. The van der Waals surface area contributed by atoms with Gasteiger partial charge >= 0.3 is 0 Å². The molecule has 3 N–H and O–H groups in total. The quantitative estimate of drug-likeness (QED) is 0.671. The van der Waals surface area contributed by atoms with Gasteiger partial charge in [-0.2, -0.15) is 13.5 Å². The van der Waals surface area contributed by atoms with Crippen molar-refractivity contribution in [2.24, 2.45) is 0 Å². The Bertz CT molecular complexity index is 759. The smallest absolute Gasteiger partial charge is 0.281 e. The molecule has 2 aromatic rings. The Balaban J connectivity index is 2.39. The number of H-pyrrole nitrogens is 1. The standard InChI is InChI=1S/C12H14Br2N4O2S/c1-7-9(6-15-2)12(17-16-7)21(19,20)18-11-4-3-8(13)5-10(11)14/h3-5,15,18H,6H2,1-2H3,(H,16,17). The topological polar surface area (TPSA) is 86.9 Å². The molecule has 1 aromatic heterocycles. The zero-order valence-electron chi connectivity index (χ0n) is 11.4. The molecule has 6 nitrogen and oxygen atoms in total. The van der Waals surface area contributed by atoms with E-state index in [2.05, 4.69) is 52.1 Å². The summed E-state index contributed by atoms with van der Waals surface area (Å²) in [4.78, 5) is 0. The van der Waals surface area contributed by atoms with Crippen LogP contribution in [0.3, 0.4) is 0 Å². The van der Waals surface area contributed by atoms with Gasteiger partial charge in [0.25, 0.3) is 10.0 Å². The molecule has 0 amide bonds. The number of halogens is 2. The lowest BCUT2D eigenvalue weighted by atomic mass is 10.3. The van der Waals surface area contributed by atoms with Gasteiger partial charge in [-0.05, 0) is 48.1 Å². The van der Waals surface area contributed by atoms with Gasteiger partial charge in [0, 0.05) is 26.7 Å². The van der Waals surface area contributed by atoms with Crippen LogP contribution in [0.4, 0.5) is 5.69 Å². The molecule has 21 heavy (non-hydrogen) atoms. The van der Waals surface area contributed by atoms with Gasteiger partial charge in [-0.25, -0.2) is 0 Å². The van der Waals surface area contributed by atoms with Gasteiger partial charge in [-0.15, -0.1) is 0 Å². The number of anilines is 1. The van der Waals surface area contributed by atoms with Crippen LogP contribution < -0.4 is 10.0 Å². The van der Waals surface area contributed by atoms with E-state index in [1.54, 1.807) is 32.2 Å². The number of aryl methyl sites for hydroxylation is 1. The zero-order valence-corrected chi connectivity index (χ0v) is 15.4. The summed E-state index contributed by atoms with van der Waals surface area (Å²) >= 11 is 6.65. The van der Waals surface area contributed by atoms with Gasteiger partial charge in [0.05, 0.1) is 5.69 Å². The van der Waals surface area contributed by atoms with E-state index in [0.29, 0.717) is 22.3 Å². The number of nitrogens with one attached hydrogen (secondary N) is 3. The average Bonchev–Trinajstić information content (AvgIpc) is 2.76. The molecule has 0 radical (unpaired) electrons. The van der Waals surface area contributed by atoms with E-state index in [-0.39, 0.29) is 5.03 Å². The Morgan fingerprint density at radius 3 is 2.67 bits per heavy atom. The number of hydrogen-bond acceptors (Lipinski definition) is 4. The molecule has 0 unspecified atom stereocenters. The highest BCUT2D eigenvalue weighted by molar-refractivity contribution is 9.11. The van der Waals surface area contributed by atoms with Crippen molar-refractivity contribution < 1.29 is 8.42 Å². The summed E-state index contributed by atoms with van der Waals surface area (Å²) in [6, 6.07) is 5.19. The van der Waals surface area contributed by atoms with Gasteiger partial charge in [-0.1, -0.05) is 15.9 Å². The molecule has 0 aliphatic heterocycles. The van der Waals surface area contributed by atoms with Gasteiger partial charge < -0.3 is 5.32 Å². The largest absolute Gasteiger partial charge is 0.316 e. The molecule has 1 aromatic carbocycles. The number of nitrogens with zero attached hydrogens (tertiary/aromatic N) is 1. The van der Waals surface area contributed by atoms with Crippen molar-refractivity contribution in [3.63, 3.8) is 0 Å². The summed E-state index contributed by atoms with van der Waals surface area (Å²) in [5, 5.41) is 9.56. The predicted octanol–water partition coefficient (Wildman–Crippen LogP) is 2.76. The maximum atomic E-state index is 12.5. The van der Waals surface area contributed by atoms with Crippen molar-refractivity contribution >= 4 is 47.6 Å². The highest BCUT2D eigenvalue weighted by atomic mass is 79.9. The molecule has 0 bridgehead atoms. The van der Waals surface area contributed by atoms with Gasteiger partial charge in [-0.3, -0.25) is 9.82 Å². The lowest BCUT2D eigenvalue weighted by Gasteiger charge is -2.10. The first-order chi connectivity index (χ1) is 9.85. The molecule has 0 aliphatic carbocycles. The summed E-state index contributed by atoms with van der Waals surface area (Å²) in [7, 11) is -2.01.